The lowest BCUT2D eigenvalue weighted by atomic mass is 9.45. The smallest absolute Gasteiger partial charge is 0.303 e. The Bertz CT molecular complexity index is 867. The van der Waals surface area contributed by atoms with E-state index in [1.807, 2.05) is 0 Å². The molecule has 1 saturated heterocycles. The number of epoxide rings is 1. The lowest BCUT2D eigenvalue weighted by Gasteiger charge is -2.60. The first-order valence-corrected chi connectivity index (χ1v) is 13.9. The van der Waals surface area contributed by atoms with E-state index in [2.05, 4.69) is 40.7 Å². The van der Waals surface area contributed by atoms with E-state index in [9.17, 15) is 15.0 Å². The minimum atomic E-state index is -1.32. The molecule has 4 fully saturated rings. The number of hydrogen-bond acceptors (Lipinski definition) is 5. The maximum Gasteiger partial charge on any atom is 0.303 e. The van der Waals surface area contributed by atoms with Crippen molar-refractivity contribution in [3.05, 3.63) is 11.6 Å². The van der Waals surface area contributed by atoms with E-state index in [0.29, 0.717) is 30.6 Å². The molecule has 1 aliphatic heterocycles. The van der Waals surface area contributed by atoms with Crippen LogP contribution in [0.2, 0.25) is 0 Å². The van der Waals surface area contributed by atoms with Crippen LogP contribution in [0.15, 0.2) is 11.6 Å². The summed E-state index contributed by atoms with van der Waals surface area (Å²) in [7, 11) is 0. The average molecular weight is 475 g/mol. The number of aliphatic hydroxyl groups excluding tert-OH is 1. The van der Waals surface area contributed by atoms with Crippen molar-refractivity contribution in [3.63, 3.8) is 0 Å². The van der Waals surface area contributed by atoms with Crippen LogP contribution in [0.5, 0.6) is 0 Å². The summed E-state index contributed by atoms with van der Waals surface area (Å²) >= 11 is 0. The summed E-state index contributed by atoms with van der Waals surface area (Å²) < 4.78 is 12.5. The number of ether oxygens (including phenoxy) is 2. The number of carbonyl (C=O) groups is 1. The van der Waals surface area contributed by atoms with Gasteiger partial charge in [0.05, 0.1) is 12.2 Å². The zero-order valence-electron chi connectivity index (χ0n) is 22.1. The maximum atomic E-state index is 12.1. The van der Waals surface area contributed by atoms with Crippen LogP contribution in [0, 0.1) is 34.5 Å². The Balaban J connectivity index is 1.50. The van der Waals surface area contributed by atoms with Crippen LogP contribution >= 0.6 is 0 Å². The largest absolute Gasteiger partial charge is 0.455 e. The van der Waals surface area contributed by atoms with Gasteiger partial charge in [-0.3, -0.25) is 4.79 Å². The van der Waals surface area contributed by atoms with Crippen molar-refractivity contribution >= 4 is 5.97 Å². The molecule has 10 atom stereocenters. The van der Waals surface area contributed by atoms with Crippen LogP contribution in [0.4, 0.5) is 0 Å². The van der Waals surface area contributed by atoms with Crippen molar-refractivity contribution in [3.8, 4) is 0 Å². The fraction of sp³-hybridized carbons (Fsp3) is 0.897. The molecule has 192 valence electrons. The number of carbonyl (C=O) groups excluding carboxylic acids is 1. The quantitative estimate of drug-likeness (QED) is 0.315. The highest BCUT2D eigenvalue weighted by Crippen LogP contribution is 2.76. The van der Waals surface area contributed by atoms with Gasteiger partial charge in [0.2, 0.25) is 0 Å². The third-order valence-electron chi connectivity index (χ3n) is 11.1. The Hall–Kier alpha value is -0.910. The highest BCUT2D eigenvalue weighted by molar-refractivity contribution is 5.67. The van der Waals surface area contributed by atoms with Gasteiger partial charge in [0.25, 0.3) is 0 Å². The molecule has 1 spiro atoms. The van der Waals surface area contributed by atoms with Gasteiger partial charge in [0, 0.05) is 18.8 Å². The second-order valence-electron chi connectivity index (χ2n) is 13.4. The summed E-state index contributed by atoms with van der Waals surface area (Å²) in [5.74, 6) is 2.12. The molecule has 0 radical (unpaired) electrons. The van der Waals surface area contributed by atoms with E-state index in [-0.39, 0.29) is 23.9 Å². The molecule has 1 heterocycles. The molecule has 0 aromatic heterocycles. The standard InChI is InChI=1S/C29H46O5/c1-17(2)8-7-9-18(3)21-10-11-22-23-14-24(33-19(4)30)28(32)15-20(31)12-13-27(28,6)29(23)25(34-29)16-26(21,22)5/h14,17-18,20-22,24-25,31-32H,7-13,15-16H2,1-6H3/t18-,20+,21-,22?,24+,25-,26-,27+,28+,29+/m1/s1. The highest BCUT2D eigenvalue weighted by atomic mass is 16.6. The first kappa shape index (κ1) is 24.8. The molecule has 5 heteroatoms. The Labute approximate surface area is 205 Å². The second-order valence-corrected chi connectivity index (χ2v) is 13.4. The van der Waals surface area contributed by atoms with E-state index in [4.69, 9.17) is 9.47 Å². The van der Waals surface area contributed by atoms with Gasteiger partial charge in [0.15, 0.2) is 0 Å². The normalized spacial score (nSPS) is 49.9. The predicted molar refractivity (Wildman–Crippen MR) is 131 cm³/mol. The first-order valence-electron chi connectivity index (χ1n) is 13.9. The maximum absolute atomic E-state index is 12.1. The van der Waals surface area contributed by atoms with Crippen LogP contribution in [0.3, 0.4) is 0 Å². The van der Waals surface area contributed by atoms with E-state index in [0.717, 1.165) is 18.8 Å². The molecule has 5 aliphatic rings. The van der Waals surface area contributed by atoms with Crippen molar-refractivity contribution in [1.29, 1.82) is 0 Å². The number of fused-ring (bicyclic) bond motifs is 3. The number of esters is 1. The highest BCUT2D eigenvalue weighted by Gasteiger charge is 2.82. The van der Waals surface area contributed by atoms with Crippen molar-refractivity contribution < 1.29 is 24.5 Å². The zero-order valence-corrected chi connectivity index (χ0v) is 22.1. The fourth-order valence-electron chi connectivity index (χ4n) is 9.29. The van der Waals surface area contributed by atoms with Crippen LogP contribution in [-0.4, -0.2) is 45.7 Å². The summed E-state index contributed by atoms with van der Waals surface area (Å²) in [5.41, 5.74) is -0.897. The summed E-state index contributed by atoms with van der Waals surface area (Å²) in [6.07, 6.45) is 9.69. The molecule has 5 nitrogen and oxygen atoms in total. The molecule has 3 saturated carbocycles. The molecule has 4 aliphatic carbocycles. The Morgan fingerprint density at radius 2 is 1.91 bits per heavy atom. The Morgan fingerprint density at radius 3 is 2.59 bits per heavy atom. The molecule has 34 heavy (non-hydrogen) atoms. The minimum Gasteiger partial charge on any atom is -0.455 e. The van der Waals surface area contributed by atoms with E-state index >= 15 is 0 Å². The van der Waals surface area contributed by atoms with Crippen molar-refractivity contribution in [2.45, 2.75) is 129 Å². The van der Waals surface area contributed by atoms with Gasteiger partial charge < -0.3 is 19.7 Å². The molecule has 2 N–H and O–H groups in total. The molecule has 0 aromatic carbocycles. The molecular formula is C29H46O5. The van der Waals surface area contributed by atoms with Crippen molar-refractivity contribution in [2.75, 3.05) is 0 Å². The molecule has 1 unspecified atom stereocenters. The number of rotatable bonds is 6. The summed E-state index contributed by atoms with van der Waals surface area (Å²) in [4.78, 5) is 12.1. The topological polar surface area (TPSA) is 79.3 Å². The van der Waals surface area contributed by atoms with E-state index in [1.165, 1.54) is 38.2 Å². The van der Waals surface area contributed by atoms with Gasteiger partial charge in [-0.15, -0.1) is 0 Å². The monoisotopic (exact) mass is 474 g/mol. The molecule has 0 amide bonds. The van der Waals surface area contributed by atoms with E-state index in [1.54, 1.807) is 0 Å². The lowest BCUT2D eigenvalue weighted by molar-refractivity contribution is -0.221. The molecular weight excluding hydrogens is 428 g/mol. The Kier molecular flexibility index (Phi) is 5.86. The average Bonchev–Trinajstić information content (AvgIpc) is 3.35. The van der Waals surface area contributed by atoms with E-state index < -0.39 is 28.8 Å². The third-order valence-corrected chi connectivity index (χ3v) is 11.1. The van der Waals surface area contributed by atoms with Gasteiger partial charge in [-0.2, -0.15) is 0 Å². The second kappa shape index (κ2) is 8.05. The molecule has 0 bridgehead atoms. The predicted octanol–water partition coefficient (Wildman–Crippen LogP) is 5.18. The molecule has 5 rings (SSSR count). The third kappa shape index (κ3) is 3.25. The summed E-state index contributed by atoms with van der Waals surface area (Å²) in [6.45, 7) is 13.1. The van der Waals surface area contributed by atoms with Crippen LogP contribution < -0.4 is 0 Å². The summed E-state index contributed by atoms with van der Waals surface area (Å²) in [6, 6.07) is 0. The van der Waals surface area contributed by atoms with Gasteiger partial charge >= 0.3 is 5.97 Å². The van der Waals surface area contributed by atoms with Crippen molar-refractivity contribution in [2.24, 2.45) is 34.5 Å². The minimum absolute atomic E-state index is 0.105. The SMILES string of the molecule is CC(=O)O[C@H]1C=C2C3CC[C@H]([C@H](C)CCCC(C)C)[C@@]3(C)C[C@H]3O[C@@]23[C@@]2(C)CC[C@H](O)C[C@]12O. The Morgan fingerprint density at radius 1 is 1.18 bits per heavy atom. The van der Waals surface area contributed by atoms with Gasteiger partial charge in [-0.1, -0.05) is 53.9 Å². The van der Waals surface area contributed by atoms with Crippen LogP contribution in [-0.2, 0) is 14.3 Å². The lowest BCUT2D eigenvalue weighted by Crippen LogP contribution is -2.70. The van der Waals surface area contributed by atoms with Crippen LogP contribution in [0.25, 0.3) is 0 Å². The van der Waals surface area contributed by atoms with Crippen molar-refractivity contribution in [1.82, 2.24) is 0 Å². The number of hydrogen-bond donors (Lipinski definition) is 2. The first-order chi connectivity index (χ1) is 15.9. The van der Waals surface area contributed by atoms with Gasteiger partial charge in [0.1, 0.15) is 17.3 Å². The van der Waals surface area contributed by atoms with Gasteiger partial charge in [-0.05, 0) is 72.8 Å². The number of aliphatic hydroxyl groups is 2. The van der Waals surface area contributed by atoms with Crippen LogP contribution in [0.1, 0.15) is 99.3 Å². The van der Waals surface area contributed by atoms with Gasteiger partial charge in [-0.25, -0.2) is 0 Å². The zero-order chi connectivity index (χ0) is 24.7. The molecule has 0 aromatic rings. The fourth-order valence-corrected chi connectivity index (χ4v) is 9.29. The summed E-state index contributed by atoms with van der Waals surface area (Å²) in [5, 5.41) is 22.6.